The summed E-state index contributed by atoms with van der Waals surface area (Å²) in [6, 6.07) is 12.6. The van der Waals surface area contributed by atoms with Gasteiger partial charge in [-0.25, -0.2) is 4.21 Å². The average Bonchev–Trinajstić information content (AvgIpc) is 3.15. The molecule has 7 nitrogen and oxygen atoms in total. The van der Waals surface area contributed by atoms with Crippen LogP contribution in [0.15, 0.2) is 36.4 Å². The highest BCUT2D eigenvalue weighted by atomic mass is 35.5. The van der Waals surface area contributed by atoms with Crippen molar-refractivity contribution in [2.75, 3.05) is 50.9 Å². The molecule has 2 fully saturated rings. The summed E-state index contributed by atoms with van der Waals surface area (Å²) in [6.45, 7) is 12.1. The molecule has 1 amide bonds. The topological polar surface area (TPSA) is 71.1 Å². The lowest BCUT2D eigenvalue weighted by atomic mass is 9.68. The standard InChI is InChI=1S/C34H46ClN3O4S/c1-23(2)43(40)36-33(39)27-8-11-32-31(19-27)38(20-28-7-6-25(28)17-24(3)37-13-15-41-16-14-37)21-34(22-42-32)12-4-5-26-18-29(35)9-10-30(26)34/h8-11,18-19,23-25,28H,4-7,12-17,20-22H2,1-3H3,(H,36,39)/t24-,25?,28?,34?,43?/m1/s1. The zero-order chi connectivity index (χ0) is 30.1. The number of nitrogens with zero attached hydrogens (tertiary/aromatic N) is 2. The summed E-state index contributed by atoms with van der Waals surface area (Å²) in [6.07, 6.45) is 6.88. The summed E-state index contributed by atoms with van der Waals surface area (Å²) in [7, 11) is -1.43. The fourth-order valence-electron chi connectivity index (χ4n) is 7.60. The lowest BCUT2D eigenvalue weighted by molar-refractivity contribution is 0.00741. The van der Waals surface area contributed by atoms with E-state index in [0.717, 1.165) is 75.1 Å². The molecule has 4 unspecified atom stereocenters. The van der Waals surface area contributed by atoms with Crippen LogP contribution >= 0.6 is 11.6 Å². The molecule has 6 rings (SSSR count). The van der Waals surface area contributed by atoms with Crippen molar-refractivity contribution < 1.29 is 18.5 Å². The number of nitrogens with one attached hydrogen (secondary N) is 1. The van der Waals surface area contributed by atoms with Gasteiger partial charge in [-0.15, -0.1) is 0 Å². The molecule has 0 radical (unpaired) electrons. The Morgan fingerprint density at radius 1 is 1.12 bits per heavy atom. The second-order valence-electron chi connectivity index (χ2n) is 13.4. The van der Waals surface area contributed by atoms with Crippen molar-refractivity contribution in [3.63, 3.8) is 0 Å². The maximum atomic E-state index is 13.2. The van der Waals surface area contributed by atoms with Crippen LogP contribution < -0.4 is 14.4 Å². The second kappa shape index (κ2) is 13.1. The lowest BCUT2D eigenvalue weighted by Gasteiger charge is -2.46. The summed E-state index contributed by atoms with van der Waals surface area (Å²) >= 11 is 6.44. The fourth-order valence-corrected chi connectivity index (χ4v) is 8.33. The number of halogens is 1. The van der Waals surface area contributed by atoms with Crippen molar-refractivity contribution in [2.24, 2.45) is 11.8 Å². The van der Waals surface area contributed by atoms with Gasteiger partial charge in [0.2, 0.25) is 0 Å². The Hall–Kier alpha value is -2.13. The minimum Gasteiger partial charge on any atom is -0.490 e. The molecule has 1 saturated carbocycles. The molecule has 0 aromatic heterocycles. The van der Waals surface area contributed by atoms with E-state index in [1.54, 1.807) is 6.07 Å². The molecule has 9 heteroatoms. The lowest BCUT2D eigenvalue weighted by Crippen LogP contribution is -2.49. The van der Waals surface area contributed by atoms with Gasteiger partial charge in [-0.3, -0.25) is 14.4 Å². The summed E-state index contributed by atoms with van der Waals surface area (Å²) in [5.74, 6) is 1.77. The van der Waals surface area contributed by atoms with E-state index in [0.29, 0.717) is 30.0 Å². The van der Waals surface area contributed by atoms with Crippen LogP contribution in [0.4, 0.5) is 5.69 Å². The molecular formula is C34H46ClN3O4S. The monoisotopic (exact) mass is 627 g/mol. The second-order valence-corrected chi connectivity index (χ2v) is 15.6. The molecule has 2 aromatic rings. The zero-order valence-electron chi connectivity index (χ0n) is 25.8. The molecule has 2 aliphatic heterocycles. The van der Waals surface area contributed by atoms with Crippen molar-refractivity contribution in [2.45, 2.75) is 76.0 Å². The first-order valence-electron chi connectivity index (χ1n) is 16.1. The van der Waals surface area contributed by atoms with Crippen LogP contribution in [0.25, 0.3) is 0 Å². The van der Waals surface area contributed by atoms with Crippen LogP contribution in [-0.2, 0) is 27.6 Å². The third kappa shape index (κ3) is 6.63. The van der Waals surface area contributed by atoms with Gasteiger partial charge in [-0.05, 0) is 113 Å². The number of carbonyl (C=O) groups excluding carboxylic acids is 1. The molecule has 5 atom stereocenters. The van der Waals surface area contributed by atoms with Gasteiger partial charge in [0.25, 0.3) is 5.91 Å². The quantitative estimate of drug-likeness (QED) is 0.402. The van der Waals surface area contributed by atoms with Gasteiger partial charge in [0.05, 0.1) is 25.5 Å². The van der Waals surface area contributed by atoms with E-state index < -0.39 is 11.0 Å². The number of carbonyl (C=O) groups is 1. The highest BCUT2D eigenvalue weighted by molar-refractivity contribution is 7.84. The largest absolute Gasteiger partial charge is 0.490 e. The fraction of sp³-hybridized carbons (Fsp3) is 0.618. The number of amides is 1. The molecule has 234 valence electrons. The van der Waals surface area contributed by atoms with Gasteiger partial charge in [-0.1, -0.05) is 17.7 Å². The highest BCUT2D eigenvalue weighted by Gasteiger charge is 2.43. The predicted molar refractivity (Wildman–Crippen MR) is 174 cm³/mol. The molecule has 1 N–H and O–H groups in total. The number of hydrogen-bond donors (Lipinski definition) is 1. The number of rotatable bonds is 8. The van der Waals surface area contributed by atoms with Crippen LogP contribution in [0.1, 0.15) is 74.4 Å². The average molecular weight is 628 g/mol. The van der Waals surface area contributed by atoms with Crippen LogP contribution in [0.3, 0.4) is 0 Å². The number of aryl methyl sites for hydroxylation is 1. The van der Waals surface area contributed by atoms with Crippen molar-refractivity contribution in [3.05, 3.63) is 58.1 Å². The Labute approximate surface area is 264 Å². The number of morpholine rings is 1. The Bertz CT molecular complexity index is 1350. The number of ether oxygens (including phenoxy) is 2. The first-order chi connectivity index (χ1) is 20.7. The third-order valence-electron chi connectivity index (χ3n) is 10.3. The SMILES string of the molecule is CC(C)S(=O)NC(=O)c1ccc2c(c1)N(CC1CCC1C[C@@H](C)N1CCOCC1)CC1(CCCc3cc(Cl)ccc31)CO2. The molecule has 2 aliphatic carbocycles. The van der Waals surface area contributed by atoms with Crippen LogP contribution in [0.5, 0.6) is 5.75 Å². The first-order valence-corrected chi connectivity index (χ1v) is 17.7. The van der Waals surface area contributed by atoms with E-state index in [1.165, 1.54) is 30.4 Å². The Kier molecular flexibility index (Phi) is 9.39. The van der Waals surface area contributed by atoms with E-state index in [2.05, 4.69) is 33.6 Å². The molecule has 2 aromatic carbocycles. The van der Waals surface area contributed by atoms with Gasteiger partial charge >= 0.3 is 0 Å². The normalized spacial score (nSPS) is 27.0. The van der Waals surface area contributed by atoms with E-state index in [4.69, 9.17) is 21.1 Å². The van der Waals surface area contributed by atoms with Gasteiger partial charge < -0.3 is 14.4 Å². The van der Waals surface area contributed by atoms with Gasteiger partial charge in [0, 0.05) is 53.5 Å². The van der Waals surface area contributed by atoms with Crippen molar-refractivity contribution >= 4 is 34.2 Å². The molecule has 0 bridgehead atoms. The van der Waals surface area contributed by atoms with Crippen molar-refractivity contribution in [1.82, 2.24) is 9.62 Å². The van der Waals surface area contributed by atoms with E-state index in [-0.39, 0.29) is 16.6 Å². The molecular weight excluding hydrogens is 582 g/mol. The summed E-state index contributed by atoms with van der Waals surface area (Å²) < 4.78 is 27.3. The predicted octanol–water partition coefficient (Wildman–Crippen LogP) is 5.75. The Morgan fingerprint density at radius 3 is 2.65 bits per heavy atom. The number of anilines is 1. The minimum absolute atomic E-state index is 0.153. The molecule has 43 heavy (non-hydrogen) atoms. The van der Waals surface area contributed by atoms with Crippen LogP contribution in [0.2, 0.25) is 5.02 Å². The highest BCUT2D eigenvalue weighted by Crippen LogP contribution is 2.47. The Balaban J connectivity index is 1.29. The zero-order valence-corrected chi connectivity index (χ0v) is 27.4. The maximum absolute atomic E-state index is 13.2. The van der Waals surface area contributed by atoms with Gasteiger partial charge in [-0.2, -0.15) is 0 Å². The van der Waals surface area contributed by atoms with Crippen LogP contribution in [-0.4, -0.2) is 72.3 Å². The first kappa shape index (κ1) is 30.9. The van der Waals surface area contributed by atoms with E-state index in [1.807, 2.05) is 32.0 Å². The summed E-state index contributed by atoms with van der Waals surface area (Å²) in [5.41, 5.74) is 3.99. The molecule has 1 saturated heterocycles. The van der Waals surface area contributed by atoms with Crippen molar-refractivity contribution in [3.8, 4) is 5.75 Å². The van der Waals surface area contributed by atoms with Gasteiger partial charge in [0.15, 0.2) is 0 Å². The smallest absolute Gasteiger partial charge is 0.263 e. The minimum atomic E-state index is -1.43. The summed E-state index contributed by atoms with van der Waals surface area (Å²) in [5, 5.41) is 0.631. The van der Waals surface area contributed by atoms with Crippen molar-refractivity contribution in [1.29, 1.82) is 0 Å². The van der Waals surface area contributed by atoms with Gasteiger partial charge in [0.1, 0.15) is 16.7 Å². The molecule has 1 spiro atoms. The summed E-state index contributed by atoms with van der Waals surface area (Å²) in [4.78, 5) is 18.2. The number of fused-ring (bicyclic) bond motifs is 3. The molecule has 2 heterocycles. The maximum Gasteiger partial charge on any atom is 0.263 e. The van der Waals surface area contributed by atoms with E-state index >= 15 is 0 Å². The third-order valence-corrected chi connectivity index (χ3v) is 11.7. The Morgan fingerprint density at radius 2 is 1.91 bits per heavy atom. The number of hydrogen-bond acceptors (Lipinski definition) is 6. The van der Waals surface area contributed by atoms with Crippen LogP contribution in [0, 0.1) is 11.8 Å². The molecule has 4 aliphatic rings. The van der Waals surface area contributed by atoms with E-state index in [9.17, 15) is 9.00 Å². The number of benzene rings is 2.